The average molecular weight is 594 g/mol. The topological polar surface area (TPSA) is 102 Å². The van der Waals surface area contributed by atoms with Crippen LogP contribution in [0.5, 0.6) is 5.75 Å². The van der Waals surface area contributed by atoms with Crippen molar-refractivity contribution >= 4 is 21.8 Å². The van der Waals surface area contributed by atoms with Gasteiger partial charge >= 0.3 is 0 Å². The maximum Gasteiger partial charge on any atom is 0.243 e. The molecule has 11 heteroatoms. The fourth-order valence-electron chi connectivity index (χ4n) is 6.31. The van der Waals surface area contributed by atoms with Crippen LogP contribution < -0.4 is 10.1 Å². The van der Waals surface area contributed by atoms with Crippen LogP contribution in [0.4, 0.5) is 0 Å². The van der Waals surface area contributed by atoms with Crippen LogP contribution in [0.2, 0.25) is 0 Å². The molecule has 1 heterocycles. The Bertz CT molecular complexity index is 1130. The summed E-state index contributed by atoms with van der Waals surface area (Å²) in [6, 6.07) is 3.96. The Balaban J connectivity index is 1.47. The van der Waals surface area contributed by atoms with Gasteiger partial charge in [0.1, 0.15) is 5.75 Å². The van der Waals surface area contributed by atoms with Gasteiger partial charge in [-0.3, -0.25) is 9.59 Å². The maximum atomic E-state index is 13.2. The summed E-state index contributed by atoms with van der Waals surface area (Å²) in [5, 5.41) is 2.63. The lowest BCUT2D eigenvalue weighted by atomic mass is 9.86. The quantitative estimate of drug-likeness (QED) is 0.397. The number of nitrogens with one attached hydrogen (secondary N) is 1. The minimum atomic E-state index is -3.91. The number of benzene rings is 1. The molecule has 1 aliphatic heterocycles. The molecule has 0 bridgehead atoms. The third kappa shape index (κ3) is 8.89. The van der Waals surface area contributed by atoms with Crippen molar-refractivity contribution < 1.29 is 22.7 Å². The molecule has 1 N–H and O–H groups in total. The summed E-state index contributed by atoms with van der Waals surface area (Å²) in [6.07, 6.45) is 7.95. The third-order valence-electron chi connectivity index (χ3n) is 8.85. The maximum absolute atomic E-state index is 13.2. The molecular weight excluding hydrogens is 542 g/mol. The number of aryl methyl sites for hydroxylation is 2. The van der Waals surface area contributed by atoms with Crippen molar-refractivity contribution in [3.05, 3.63) is 23.3 Å². The second-order valence-electron chi connectivity index (χ2n) is 12.2. The van der Waals surface area contributed by atoms with Crippen molar-refractivity contribution in [1.82, 2.24) is 24.3 Å². The zero-order valence-corrected chi connectivity index (χ0v) is 26.9. The van der Waals surface area contributed by atoms with Gasteiger partial charge in [0.05, 0.1) is 25.1 Å². The van der Waals surface area contributed by atoms with Crippen LogP contribution in [0.1, 0.15) is 56.1 Å². The molecule has 3 rings (SSSR count). The number of piperidine rings is 1. The van der Waals surface area contributed by atoms with Gasteiger partial charge in [-0.2, -0.15) is 4.31 Å². The van der Waals surface area contributed by atoms with E-state index in [1.165, 1.54) is 39.8 Å². The van der Waals surface area contributed by atoms with Crippen LogP contribution in [0.3, 0.4) is 0 Å². The van der Waals surface area contributed by atoms with Gasteiger partial charge < -0.3 is 24.8 Å². The van der Waals surface area contributed by atoms with E-state index in [2.05, 4.69) is 29.2 Å². The van der Waals surface area contributed by atoms with E-state index in [4.69, 9.17) is 4.74 Å². The van der Waals surface area contributed by atoms with Crippen molar-refractivity contribution in [2.45, 2.75) is 75.8 Å². The molecule has 1 aromatic rings. The van der Waals surface area contributed by atoms with Gasteiger partial charge in [0.2, 0.25) is 21.8 Å². The predicted molar refractivity (Wildman–Crippen MR) is 162 cm³/mol. The minimum Gasteiger partial charge on any atom is -0.497 e. The molecule has 0 spiro atoms. The SMILES string of the molecule is COc1cc(C)c(S(=O)(=O)N(C)CC(=O)NCC(=O)N(C)C2CCCC(N3CCC(CCN(C)C)CC3)C2)c(C)c1. The van der Waals surface area contributed by atoms with E-state index in [1.54, 1.807) is 30.9 Å². The van der Waals surface area contributed by atoms with Crippen molar-refractivity contribution in [2.75, 3.05) is 68.0 Å². The number of carbonyl (C=O) groups is 2. The first-order chi connectivity index (χ1) is 19.3. The number of hydrogen-bond donors (Lipinski definition) is 1. The summed E-state index contributed by atoms with van der Waals surface area (Å²) in [7, 11) is 5.09. The molecule has 1 saturated carbocycles. The highest BCUT2D eigenvalue weighted by Crippen LogP contribution is 2.31. The van der Waals surface area contributed by atoms with Gasteiger partial charge in [-0.15, -0.1) is 0 Å². The molecule has 232 valence electrons. The lowest BCUT2D eigenvalue weighted by Crippen LogP contribution is -2.50. The number of amides is 2. The molecule has 41 heavy (non-hydrogen) atoms. The van der Waals surface area contributed by atoms with Gasteiger partial charge in [-0.25, -0.2) is 8.42 Å². The third-order valence-corrected chi connectivity index (χ3v) is 11.0. The van der Waals surface area contributed by atoms with Crippen molar-refractivity contribution in [2.24, 2.45) is 5.92 Å². The fraction of sp³-hybridized carbons (Fsp3) is 0.733. The van der Waals surface area contributed by atoms with Gasteiger partial charge in [0.15, 0.2) is 0 Å². The first-order valence-corrected chi connectivity index (χ1v) is 16.3. The van der Waals surface area contributed by atoms with E-state index in [0.717, 1.165) is 49.1 Å². The highest BCUT2D eigenvalue weighted by Gasteiger charge is 2.33. The number of carbonyl (C=O) groups excluding carboxylic acids is 2. The number of methoxy groups -OCH3 is 1. The summed E-state index contributed by atoms with van der Waals surface area (Å²) in [5.74, 6) is 0.713. The number of nitrogens with zero attached hydrogens (tertiary/aromatic N) is 4. The number of ether oxygens (including phenoxy) is 1. The second-order valence-corrected chi connectivity index (χ2v) is 14.2. The predicted octanol–water partition coefficient (Wildman–Crippen LogP) is 2.48. The molecule has 1 saturated heterocycles. The summed E-state index contributed by atoms with van der Waals surface area (Å²) in [6.45, 7) is 6.30. The molecule has 2 amide bonds. The average Bonchev–Trinajstić information content (AvgIpc) is 2.94. The number of sulfonamides is 1. The molecule has 2 fully saturated rings. The van der Waals surface area contributed by atoms with Gasteiger partial charge in [0, 0.05) is 26.2 Å². The highest BCUT2D eigenvalue weighted by atomic mass is 32.2. The molecule has 1 aromatic carbocycles. The normalized spacial score (nSPS) is 20.8. The Morgan fingerprint density at radius 3 is 2.24 bits per heavy atom. The lowest BCUT2D eigenvalue weighted by Gasteiger charge is -2.43. The summed E-state index contributed by atoms with van der Waals surface area (Å²) in [4.78, 5) is 32.5. The van der Waals surface area contributed by atoms with E-state index >= 15 is 0 Å². The smallest absolute Gasteiger partial charge is 0.243 e. The molecule has 0 aromatic heterocycles. The first kappa shape index (κ1) is 33.3. The Hall–Kier alpha value is -2.21. The van der Waals surface area contributed by atoms with E-state index in [0.29, 0.717) is 22.9 Å². The number of likely N-dealkylation sites (tertiary alicyclic amines) is 1. The van der Waals surface area contributed by atoms with E-state index in [9.17, 15) is 18.0 Å². The van der Waals surface area contributed by atoms with Gasteiger partial charge in [-0.05, 0) is 122 Å². The monoisotopic (exact) mass is 593 g/mol. The lowest BCUT2D eigenvalue weighted by molar-refractivity contribution is -0.134. The fourth-order valence-corrected chi connectivity index (χ4v) is 7.84. The van der Waals surface area contributed by atoms with E-state index in [1.807, 2.05) is 7.05 Å². The minimum absolute atomic E-state index is 0.147. The largest absolute Gasteiger partial charge is 0.497 e. The zero-order chi connectivity index (χ0) is 30.3. The van der Waals surface area contributed by atoms with Gasteiger partial charge in [-0.1, -0.05) is 0 Å². The van der Waals surface area contributed by atoms with Crippen LogP contribution >= 0.6 is 0 Å². The zero-order valence-electron chi connectivity index (χ0n) is 26.1. The molecule has 1 aliphatic carbocycles. The number of likely N-dealkylation sites (N-methyl/N-ethyl adjacent to an activating group) is 2. The summed E-state index contributed by atoms with van der Waals surface area (Å²) in [5.41, 5.74) is 1.09. The summed E-state index contributed by atoms with van der Waals surface area (Å²) >= 11 is 0. The standard InChI is InChI=1S/C30H51N5O5S/c1-22-17-27(40-7)18-23(2)30(22)41(38,39)33(5)21-28(36)31-20-29(37)34(6)25-9-8-10-26(19-25)35-15-12-24(13-16-35)11-14-32(3)4/h17-18,24-26H,8-16,19-21H2,1-7H3,(H,31,36). The van der Waals surface area contributed by atoms with Gasteiger partial charge in [0.25, 0.3) is 0 Å². The van der Waals surface area contributed by atoms with Crippen LogP contribution in [0, 0.1) is 19.8 Å². The molecular formula is C30H51N5O5S. The Morgan fingerprint density at radius 2 is 1.66 bits per heavy atom. The molecule has 10 nitrogen and oxygen atoms in total. The Kier molecular flexibility index (Phi) is 12.0. The number of rotatable bonds is 12. The molecule has 2 unspecified atom stereocenters. The highest BCUT2D eigenvalue weighted by molar-refractivity contribution is 7.89. The molecule has 2 aliphatic rings. The molecule has 0 radical (unpaired) electrons. The van der Waals surface area contributed by atoms with Crippen LogP contribution in [-0.2, 0) is 19.6 Å². The van der Waals surface area contributed by atoms with E-state index < -0.39 is 15.9 Å². The van der Waals surface area contributed by atoms with Crippen molar-refractivity contribution in [3.8, 4) is 5.75 Å². The van der Waals surface area contributed by atoms with Crippen LogP contribution in [0.15, 0.2) is 17.0 Å². The second kappa shape index (κ2) is 14.8. The first-order valence-electron chi connectivity index (χ1n) is 14.9. The van der Waals surface area contributed by atoms with Crippen LogP contribution in [-0.4, -0.2) is 119 Å². The summed E-state index contributed by atoms with van der Waals surface area (Å²) < 4.78 is 32.7. The van der Waals surface area contributed by atoms with E-state index in [-0.39, 0.29) is 29.9 Å². The van der Waals surface area contributed by atoms with Crippen LogP contribution in [0.25, 0.3) is 0 Å². The van der Waals surface area contributed by atoms with Crippen molar-refractivity contribution in [1.29, 1.82) is 0 Å². The van der Waals surface area contributed by atoms with Crippen molar-refractivity contribution in [3.63, 3.8) is 0 Å². The molecule has 2 atom stereocenters. The number of hydrogen-bond acceptors (Lipinski definition) is 7. The Morgan fingerprint density at radius 1 is 1.02 bits per heavy atom. The Labute approximate surface area is 247 Å².